The summed E-state index contributed by atoms with van der Waals surface area (Å²) in [7, 11) is 0. The Morgan fingerprint density at radius 1 is 0.722 bits per heavy atom. The second-order valence-corrected chi connectivity index (χ2v) is 9.94. The van der Waals surface area contributed by atoms with Gasteiger partial charge in [-0.15, -0.1) is 0 Å². The molecule has 0 N–H and O–H groups in total. The number of anilines is 2. The highest BCUT2D eigenvalue weighted by atomic mass is 15.2. The summed E-state index contributed by atoms with van der Waals surface area (Å²) in [5, 5.41) is 24.3. The van der Waals surface area contributed by atoms with Gasteiger partial charge in [-0.1, -0.05) is 48.5 Å². The molecule has 2 aromatic heterocycles. The standard InChI is InChI=1S/C32H16N4/c33-15-17-9-11-19-23-14-28-24(13-27(23)35-25-7-3-1-5-21(25)29(17)31(19)35)20-12-10-18(16-34)30-22-6-2-4-8-26(22)36(28)32(20)30/h1-14,29,31H. The van der Waals surface area contributed by atoms with Crippen LogP contribution in [0.5, 0.6) is 0 Å². The van der Waals surface area contributed by atoms with E-state index in [1.807, 2.05) is 18.2 Å². The molecule has 4 nitrogen and oxygen atoms in total. The van der Waals surface area contributed by atoms with Crippen molar-refractivity contribution < 1.29 is 0 Å². The molecule has 3 aliphatic rings. The van der Waals surface area contributed by atoms with E-state index < -0.39 is 0 Å². The van der Waals surface area contributed by atoms with Crippen LogP contribution in [0, 0.1) is 22.7 Å². The number of aromatic nitrogens is 1. The van der Waals surface area contributed by atoms with Crippen LogP contribution in [0.1, 0.15) is 22.6 Å². The fourth-order valence-corrected chi connectivity index (χ4v) is 7.18. The predicted molar refractivity (Wildman–Crippen MR) is 143 cm³/mol. The van der Waals surface area contributed by atoms with Crippen molar-refractivity contribution in [2.45, 2.75) is 12.0 Å². The highest BCUT2D eigenvalue weighted by Crippen LogP contribution is 2.60. The molecule has 2 unspecified atom stereocenters. The Bertz CT molecular complexity index is 2140. The van der Waals surface area contributed by atoms with E-state index in [0.29, 0.717) is 5.56 Å². The molecule has 0 saturated heterocycles. The minimum Gasteiger partial charge on any atom is -0.332 e. The lowest BCUT2D eigenvalue weighted by atomic mass is 9.80. The maximum Gasteiger partial charge on any atom is 0.0999 e. The van der Waals surface area contributed by atoms with Crippen LogP contribution in [0.3, 0.4) is 0 Å². The summed E-state index contributed by atoms with van der Waals surface area (Å²) in [6.07, 6.45) is 4.16. The number of para-hydroxylation sites is 2. The van der Waals surface area contributed by atoms with Gasteiger partial charge in [0.1, 0.15) is 0 Å². The summed E-state index contributed by atoms with van der Waals surface area (Å²) in [6.45, 7) is 0. The van der Waals surface area contributed by atoms with Gasteiger partial charge in [0.05, 0.1) is 46.0 Å². The lowest BCUT2D eigenvalue weighted by molar-refractivity contribution is 0.758. The summed E-state index contributed by atoms with van der Waals surface area (Å²) in [5.41, 5.74) is 11.1. The van der Waals surface area contributed by atoms with Crippen LogP contribution in [-0.4, -0.2) is 10.4 Å². The molecule has 0 amide bonds. The average Bonchev–Trinajstić information content (AvgIpc) is 3.64. The molecule has 6 aromatic rings. The van der Waals surface area contributed by atoms with Crippen LogP contribution in [0.2, 0.25) is 0 Å². The molecular formula is C32H16N4. The van der Waals surface area contributed by atoms with E-state index in [0.717, 1.165) is 32.9 Å². The third kappa shape index (κ3) is 1.84. The van der Waals surface area contributed by atoms with Crippen molar-refractivity contribution in [3.05, 3.63) is 107 Å². The third-order valence-electron chi connectivity index (χ3n) is 8.50. The molecule has 0 bridgehead atoms. The number of nitrogens with zero attached hydrogens (tertiary/aromatic N) is 4. The SMILES string of the molecule is N#CC1=CC=C2c3cc4c(cc3N3c5ccccc5C1C23)c1ccc(C#N)c2c3ccccc3n4c12. The van der Waals surface area contributed by atoms with E-state index in [9.17, 15) is 10.5 Å². The lowest BCUT2D eigenvalue weighted by Gasteiger charge is -2.26. The summed E-state index contributed by atoms with van der Waals surface area (Å²) < 4.78 is 2.34. The molecule has 4 heterocycles. The first-order chi connectivity index (χ1) is 17.8. The van der Waals surface area contributed by atoms with Crippen molar-refractivity contribution in [3.63, 3.8) is 0 Å². The first kappa shape index (κ1) is 18.3. The van der Waals surface area contributed by atoms with Crippen molar-refractivity contribution in [1.29, 1.82) is 10.5 Å². The Kier molecular flexibility index (Phi) is 3.02. The molecule has 1 aliphatic carbocycles. The van der Waals surface area contributed by atoms with E-state index in [4.69, 9.17) is 0 Å². The normalized spacial score (nSPS) is 19.3. The number of hydrogen-bond donors (Lipinski definition) is 0. The van der Waals surface area contributed by atoms with Gasteiger partial charge in [0.25, 0.3) is 0 Å². The highest BCUT2D eigenvalue weighted by molar-refractivity contribution is 6.25. The minimum absolute atomic E-state index is 0.0537. The van der Waals surface area contributed by atoms with E-state index in [1.165, 1.54) is 38.8 Å². The van der Waals surface area contributed by atoms with E-state index in [-0.39, 0.29) is 12.0 Å². The second kappa shape index (κ2) is 5.95. The zero-order valence-corrected chi connectivity index (χ0v) is 19.0. The lowest BCUT2D eigenvalue weighted by Crippen LogP contribution is -2.28. The molecule has 164 valence electrons. The molecule has 0 radical (unpaired) electrons. The number of benzene rings is 4. The molecule has 4 heteroatoms. The molecule has 2 atom stereocenters. The average molecular weight is 457 g/mol. The van der Waals surface area contributed by atoms with Crippen LogP contribution in [0.15, 0.2) is 90.5 Å². The number of fused-ring (bicyclic) bond motifs is 12. The first-order valence-electron chi connectivity index (χ1n) is 12.2. The molecule has 36 heavy (non-hydrogen) atoms. The van der Waals surface area contributed by atoms with Crippen molar-refractivity contribution in [2.24, 2.45) is 0 Å². The van der Waals surface area contributed by atoms with Gasteiger partial charge in [0.15, 0.2) is 0 Å². The summed E-state index contributed by atoms with van der Waals surface area (Å²) in [4.78, 5) is 2.44. The number of hydrogen-bond acceptors (Lipinski definition) is 3. The first-order valence-corrected chi connectivity index (χ1v) is 12.2. The van der Waals surface area contributed by atoms with E-state index in [2.05, 4.69) is 88.2 Å². The quantitative estimate of drug-likeness (QED) is 0.243. The Hall–Kier alpha value is -5.06. The Balaban J connectivity index is 1.46. The Morgan fingerprint density at radius 2 is 1.58 bits per heavy atom. The molecule has 2 aliphatic heterocycles. The number of rotatable bonds is 0. The van der Waals surface area contributed by atoms with Crippen LogP contribution >= 0.6 is 0 Å². The highest BCUT2D eigenvalue weighted by Gasteiger charge is 2.49. The predicted octanol–water partition coefficient (Wildman–Crippen LogP) is 7.17. The second-order valence-electron chi connectivity index (χ2n) is 9.94. The smallest absolute Gasteiger partial charge is 0.0999 e. The van der Waals surface area contributed by atoms with Gasteiger partial charge in [0.2, 0.25) is 0 Å². The Morgan fingerprint density at radius 3 is 2.47 bits per heavy atom. The van der Waals surface area contributed by atoms with Gasteiger partial charge in [-0.25, -0.2) is 0 Å². The maximum absolute atomic E-state index is 9.93. The van der Waals surface area contributed by atoms with Crippen molar-refractivity contribution >= 4 is 55.0 Å². The van der Waals surface area contributed by atoms with Gasteiger partial charge in [-0.2, -0.15) is 10.5 Å². The van der Waals surface area contributed by atoms with E-state index >= 15 is 0 Å². The molecule has 9 rings (SSSR count). The monoisotopic (exact) mass is 456 g/mol. The minimum atomic E-state index is 0.0537. The van der Waals surface area contributed by atoms with Crippen LogP contribution in [0.25, 0.3) is 43.7 Å². The van der Waals surface area contributed by atoms with Gasteiger partial charge in [-0.05, 0) is 47.5 Å². The zero-order chi connectivity index (χ0) is 23.7. The number of nitriles is 2. The van der Waals surface area contributed by atoms with Crippen LogP contribution < -0.4 is 4.90 Å². The molecule has 0 fully saturated rings. The van der Waals surface area contributed by atoms with Gasteiger partial charge in [-0.3, -0.25) is 0 Å². The summed E-state index contributed by atoms with van der Waals surface area (Å²) in [5.74, 6) is 0.0537. The molecular weight excluding hydrogens is 440 g/mol. The molecule has 4 aromatic carbocycles. The summed E-state index contributed by atoms with van der Waals surface area (Å²) >= 11 is 0. The molecule has 0 spiro atoms. The topological polar surface area (TPSA) is 55.2 Å². The van der Waals surface area contributed by atoms with E-state index in [1.54, 1.807) is 0 Å². The fourth-order valence-electron chi connectivity index (χ4n) is 7.18. The van der Waals surface area contributed by atoms with Crippen molar-refractivity contribution in [1.82, 2.24) is 4.40 Å². The van der Waals surface area contributed by atoms with Crippen molar-refractivity contribution in [2.75, 3.05) is 4.90 Å². The van der Waals surface area contributed by atoms with Gasteiger partial charge < -0.3 is 9.30 Å². The summed E-state index contributed by atoms with van der Waals surface area (Å²) in [6, 6.07) is 30.6. The van der Waals surface area contributed by atoms with Crippen molar-refractivity contribution in [3.8, 4) is 12.1 Å². The third-order valence-corrected chi connectivity index (χ3v) is 8.50. The zero-order valence-electron chi connectivity index (χ0n) is 19.0. The molecule has 0 saturated carbocycles. The number of allylic oxidation sites excluding steroid dienone is 2. The maximum atomic E-state index is 9.93. The van der Waals surface area contributed by atoms with Gasteiger partial charge in [0, 0.05) is 44.3 Å². The van der Waals surface area contributed by atoms with Crippen LogP contribution in [-0.2, 0) is 0 Å². The largest absolute Gasteiger partial charge is 0.332 e. The van der Waals surface area contributed by atoms with Crippen LogP contribution in [0.4, 0.5) is 11.4 Å². The van der Waals surface area contributed by atoms with Gasteiger partial charge >= 0.3 is 0 Å². The Labute approximate surface area is 206 Å². The fraction of sp³-hybridized carbons (Fsp3) is 0.0625.